The van der Waals surface area contributed by atoms with Crippen molar-refractivity contribution < 1.29 is 27.4 Å². The number of anilines is 1. The molecule has 4 rings (SSSR count). The average Bonchev–Trinajstić information content (AvgIpc) is 3.13. The van der Waals surface area contributed by atoms with Crippen LogP contribution >= 0.6 is 0 Å². The normalized spacial score (nSPS) is 14.7. The number of ether oxygens (including phenoxy) is 2. The molecule has 0 bridgehead atoms. The van der Waals surface area contributed by atoms with Crippen molar-refractivity contribution in [3.63, 3.8) is 0 Å². The summed E-state index contributed by atoms with van der Waals surface area (Å²) in [6.07, 6.45) is 1.40. The topological polar surface area (TPSA) is 78.3 Å². The first-order chi connectivity index (χ1) is 14.9. The Balaban J connectivity index is 1.35. The van der Waals surface area contributed by atoms with Crippen molar-refractivity contribution in [3.8, 4) is 5.75 Å². The van der Waals surface area contributed by atoms with Crippen LogP contribution < -0.4 is 10.1 Å². The molecule has 2 aromatic carbocycles. The Kier molecular flexibility index (Phi) is 5.64. The number of aromatic nitrogens is 3. The second-order valence-electron chi connectivity index (χ2n) is 7.23. The van der Waals surface area contributed by atoms with Crippen LogP contribution in [0, 0.1) is 11.6 Å². The van der Waals surface area contributed by atoms with Crippen LogP contribution in [0.3, 0.4) is 0 Å². The van der Waals surface area contributed by atoms with Crippen LogP contribution in [0.4, 0.5) is 19.0 Å². The van der Waals surface area contributed by atoms with Gasteiger partial charge in [-0.3, -0.25) is 4.79 Å². The van der Waals surface area contributed by atoms with Crippen molar-refractivity contribution in [2.24, 2.45) is 0 Å². The summed E-state index contributed by atoms with van der Waals surface area (Å²) in [5, 5.41) is 10.7. The Morgan fingerprint density at radius 2 is 1.87 bits per heavy atom. The summed E-state index contributed by atoms with van der Waals surface area (Å²) in [6.45, 7) is 0.0838. The van der Waals surface area contributed by atoms with E-state index in [4.69, 9.17) is 4.74 Å². The zero-order valence-corrected chi connectivity index (χ0v) is 16.6. The summed E-state index contributed by atoms with van der Waals surface area (Å²) < 4.78 is 51.5. The quantitative estimate of drug-likeness (QED) is 0.621. The Bertz CT molecular complexity index is 1070. The molecule has 2 heterocycles. The van der Waals surface area contributed by atoms with Gasteiger partial charge >= 0.3 is 0 Å². The third-order valence-corrected chi connectivity index (χ3v) is 4.89. The van der Waals surface area contributed by atoms with Crippen molar-refractivity contribution in [2.75, 3.05) is 25.6 Å². The van der Waals surface area contributed by atoms with Crippen molar-refractivity contribution in [1.29, 1.82) is 0 Å². The molecular formula is C21H19F3N4O3. The van der Waals surface area contributed by atoms with Gasteiger partial charge in [0.1, 0.15) is 0 Å². The van der Waals surface area contributed by atoms with Crippen LogP contribution in [0.2, 0.25) is 0 Å². The average molecular weight is 432 g/mol. The van der Waals surface area contributed by atoms with Crippen molar-refractivity contribution in [2.45, 2.75) is 18.6 Å². The molecule has 7 nitrogen and oxygen atoms in total. The minimum absolute atomic E-state index is 0.00383. The van der Waals surface area contributed by atoms with Gasteiger partial charge in [-0.15, -0.1) is 5.10 Å². The van der Waals surface area contributed by atoms with E-state index in [1.165, 1.54) is 18.1 Å². The number of carbonyl (C=O) groups is 1. The van der Waals surface area contributed by atoms with Crippen LogP contribution in [0.1, 0.15) is 16.7 Å². The number of nitrogens with one attached hydrogen (secondary N) is 1. The van der Waals surface area contributed by atoms with Gasteiger partial charge in [-0.1, -0.05) is 24.3 Å². The lowest BCUT2D eigenvalue weighted by Gasteiger charge is -2.34. The number of carbonyl (C=O) groups excluding carboxylic acids is 1. The van der Waals surface area contributed by atoms with E-state index in [1.54, 1.807) is 24.3 Å². The molecule has 0 aliphatic carbocycles. The Morgan fingerprint density at radius 1 is 1.19 bits per heavy atom. The number of amides is 1. The predicted molar refractivity (Wildman–Crippen MR) is 104 cm³/mol. The number of hydrogen-bond acceptors (Lipinski definition) is 5. The maximum Gasteiger partial charge on any atom is 0.230 e. The molecular weight excluding hydrogens is 413 g/mol. The second kappa shape index (κ2) is 8.38. The molecule has 1 aliphatic rings. The SMILES string of the molecule is COc1c(F)cc(Cn2ncc(NC(=O)Cc3ccc(C4(F)COC4)cc3)n2)cc1F. The van der Waals surface area contributed by atoms with E-state index in [1.807, 2.05) is 0 Å². The fourth-order valence-corrected chi connectivity index (χ4v) is 3.23. The number of rotatable bonds is 7. The summed E-state index contributed by atoms with van der Waals surface area (Å²) >= 11 is 0. The zero-order valence-electron chi connectivity index (χ0n) is 16.6. The van der Waals surface area contributed by atoms with Gasteiger partial charge < -0.3 is 14.8 Å². The molecule has 10 heteroatoms. The first-order valence-corrected chi connectivity index (χ1v) is 9.44. The van der Waals surface area contributed by atoms with E-state index < -0.39 is 23.1 Å². The van der Waals surface area contributed by atoms with E-state index in [-0.39, 0.29) is 37.9 Å². The molecule has 162 valence electrons. The van der Waals surface area contributed by atoms with Gasteiger partial charge in [-0.25, -0.2) is 13.2 Å². The van der Waals surface area contributed by atoms with E-state index in [9.17, 15) is 18.0 Å². The Labute approximate surface area is 175 Å². The molecule has 0 radical (unpaired) electrons. The molecule has 1 fully saturated rings. The highest BCUT2D eigenvalue weighted by atomic mass is 19.1. The van der Waals surface area contributed by atoms with E-state index in [2.05, 4.69) is 20.3 Å². The van der Waals surface area contributed by atoms with Crippen molar-refractivity contribution in [3.05, 3.63) is 70.9 Å². The lowest BCUT2D eigenvalue weighted by atomic mass is 9.93. The lowest BCUT2D eigenvalue weighted by Crippen LogP contribution is -2.42. The van der Waals surface area contributed by atoms with Gasteiger partial charge in [0.15, 0.2) is 28.9 Å². The number of methoxy groups -OCH3 is 1. The number of nitrogens with zero attached hydrogens (tertiary/aromatic N) is 3. The molecule has 0 unspecified atom stereocenters. The number of hydrogen-bond donors (Lipinski definition) is 1. The third kappa shape index (κ3) is 4.53. The molecule has 0 spiro atoms. The highest BCUT2D eigenvalue weighted by molar-refractivity contribution is 5.91. The molecule has 0 saturated carbocycles. The first-order valence-electron chi connectivity index (χ1n) is 9.44. The number of benzene rings is 2. The first kappa shape index (κ1) is 20.9. The monoisotopic (exact) mass is 432 g/mol. The minimum atomic E-state index is -1.45. The van der Waals surface area contributed by atoms with Gasteiger partial charge in [0.2, 0.25) is 5.91 Å². The van der Waals surface area contributed by atoms with Gasteiger partial charge in [-0.2, -0.15) is 9.90 Å². The van der Waals surface area contributed by atoms with Gasteiger partial charge in [0, 0.05) is 0 Å². The Morgan fingerprint density at radius 3 is 2.45 bits per heavy atom. The van der Waals surface area contributed by atoms with Crippen LogP contribution in [0.15, 0.2) is 42.6 Å². The number of alkyl halides is 1. The highest BCUT2D eigenvalue weighted by Crippen LogP contribution is 2.33. The van der Waals surface area contributed by atoms with Crippen LogP contribution in [-0.2, 0) is 28.2 Å². The summed E-state index contributed by atoms with van der Waals surface area (Å²) in [5.41, 5.74) is 0.0837. The zero-order chi connectivity index (χ0) is 22.0. The minimum Gasteiger partial charge on any atom is -0.491 e. The summed E-state index contributed by atoms with van der Waals surface area (Å²) in [4.78, 5) is 13.5. The molecule has 1 aliphatic heterocycles. The lowest BCUT2D eigenvalue weighted by molar-refractivity contribution is -0.135. The maximum absolute atomic E-state index is 14.3. The fourth-order valence-electron chi connectivity index (χ4n) is 3.23. The van der Waals surface area contributed by atoms with Gasteiger partial charge in [0.05, 0.1) is 39.5 Å². The molecule has 1 saturated heterocycles. The van der Waals surface area contributed by atoms with Crippen molar-refractivity contribution >= 4 is 11.7 Å². The molecule has 1 N–H and O–H groups in total. The summed E-state index contributed by atoms with van der Waals surface area (Å²) in [5.74, 6) is -2.24. The fraction of sp³-hybridized carbons (Fsp3) is 0.286. The van der Waals surface area contributed by atoms with Crippen LogP contribution in [-0.4, -0.2) is 41.2 Å². The molecule has 3 aromatic rings. The van der Waals surface area contributed by atoms with E-state index >= 15 is 0 Å². The van der Waals surface area contributed by atoms with Crippen molar-refractivity contribution in [1.82, 2.24) is 15.0 Å². The second-order valence-corrected chi connectivity index (χ2v) is 7.23. The van der Waals surface area contributed by atoms with Crippen LogP contribution in [0.5, 0.6) is 5.75 Å². The highest BCUT2D eigenvalue weighted by Gasteiger charge is 2.40. The van der Waals surface area contributed by atoms with Crippen LogP contribution in [0.25, 0.3) is 0 Å². The standard InChI is InChI=1S/C21H19F3N4O3/c1-30-20-16(22)6-14(7-17(20)23)10-28-25-9-18(27-28)26-19(29)8-13-2-4-15(5-3-13)21(24)11-31-12-21/h2-7,9H,8,10-12H2,1H3,(H,26,27,29). The molecule has 1 amide bonds. The summed E-state index contributed by atoms with van der Waals surface area (Å²) in [7, 11) is 1.18. The summed E-state index contributed by atoms with van der Waals surface area (Å²) in [6, 6.07) is 8.94. The third-order valence-electron chi connectivity index (χ3n) is 4.89. The van der Waals surface area contributed by atoms with Gasteiger partial charge in [0.25, 0.3) is 0 Å². The van der Waals surface area contributed by atoms with Gasteiger partial charge in [-0.05, 0) is 28.8 Å². The number of halogens is 3. The molecule has 1 aromatic heterocycles. The maximum atomic E-state index is 14.3. The smallest absolute Gasteiger partial charge is 0.230 e. The Hall–Kier alpha value is -3.40. The molecule has 31 heavy (non-hydrogen) atoms. The van der Waals surface area contributed by atoms with E-state index in [0.29, 0.717) is 16.7 Å². The predicted octanol–water partition coefficient (Wildman–Crippen LogP) is 2.99. The van der Waals surface area contributed by atoms with E-state index in [0.717, 1.165) is 12.1 Å². The largest absolute Gasteiger partial charge is 0.491 e. The molecule has 0 atom stereocenters.